The van der Waals surface area contributed by atoms with Crippen LogP contribution in [0.3, 0.4) is 0 Å². The lowest BCUT2D eigenvalue weighted by Gasteiger charge is -1.93. The van der Waals surface area contributed by atoms with Crippen molar-refractivity contribution in [3.8, 4) is 11.8 Å². The van der Waals surface area contributed by atoms with Gasteiger partial charge >= 0.3 is 0 Å². The summed E-state index contributed by atoms with van der Waals surface area (Å²) in [7, 11) is 0. The summed E-state index contributed by atoms with van der Waals surface area (Å²) in [5.41, 5.74) is 0.0376. The van der Waals surface area contributed by atoms with Crippen molar-refractivity contribution in [2.45, 2.75) is 0 Å². The van der Waals surface area contributed by atoms with E-state index in [-0.39, 0.29) is 11.4 Å². The van der Waals surface area contributed by atoms with Gasteiger partial charge in [0.25, 0.3) is 0 Å². The molecule has 0 aliphatic rings. The molecule has 0 nitrogen and oxygen atoms in total. The Bertz CT molecular complexity index is 336. The largest absolute Gasteiger partial charge is 0.204 e. The van der Waals surface area contributed by atoms with E-state index in [1.165, 1.54) is 12.1 Å². The smallest absolute Gasteiger partial charge is 0.174 e. The summed E-state index contributed by atoms with van der Waals surface area (Å²) in [6.07, 6.45) is 0. The van der Waals surface area contributed by atoms with Gasteiger partial charge in [0, 0.05) is 0 Å². The molecular formula is C9H5ClF2. The molecular weight excluding hydrogens is 182 g/mol. The fourth-order valence-corrected chi connectivity index (χ4v) is 0.796. The maximum Gasteiger partial charge on any atom is 0.174 e. The molecule has 1 aromatic rings. The standard InChI is InChI=1S/C9H5ClF2/c10-6-2-4-7-3-1-5-8(11)9(7)12/h1,3,5H,6H2. The van der Waals surface area contributed by atoms with E-state index in [4.69, 9.17) is 11.6 Å². The highest BCUT2D eigenvalue weighted by Crippen LogP contribution is 2.09. The van der Waals surface area contributed by atoms with E-state index in [1.807, 2.05) is 0 Å². The van der Waals surface area contributed by atoms with Crippen LogP contribution in [0.25, 0.3) is 0 Å². The van der Waals surface area contributed by atoms with Crippen molar-refractivity contribution in [1.82, 2.24) is 0 Å². The summed E-state index contributed by atoms with van der Waals surface area (Å²) < 4.78 is 25.3. The molecule has 0 amide bonds. The van der Waals surface area contributed by atoms with Gasteiger partial charge in [-0.1, -0.05) is 17.9 Å². The molecule has 0 aliphatic heterocycles. The van der Waals surface area contributed by atoms with Gasteiger partial charge in [0.05, 0.1) is 11.4 Å². The molecule has 1 rings (SSSR count). The summed E-state index contributed by atoms with van der Waals surface area (Å²) in [6, 6.07) is 3.84. The van der Waals surface area contributed by atoms with Crippen LogP contribution < -0.4 is 0 Å². The molecule has 0 aliphatic carbocycles. The number of alkyl halides is 1. The van der Waals surface area contributed by atoms with E-state index in [1.54, 1.807) is 0 Å². The molecule has 0 saturated carbocycles. The summed E-state index contributed by atoms with van der Waals surface area (Å²) in [5.74, 6) is 3.14. The van der Waals surface area contributed by atoms with Gasteiger partial charge in [-0.2, -0.15) is 0 Å². The minimum Gasteiger partial charge on any atom is -0.204 e. The first-order valence-corrected chi connectivity index (χ1v) is 3.78. The molecule has 0 unspecified atom stereocenters. The van der Waals surface area contributed by atoms with Crippen LogP contribution in [0.4, 0.5) is 8.78 Å². The number of benzene rings is 1. The second-order valence-corrected chi connectivity index (χ2v) is 2.30. The Morgan fingerprint density at radius 1 is 1.33 bits per heavy atom. The van der Waals surface area contributed by atoms with Gasteiger partial charge in [0.15, 0.2) is 11.6 Å². The third-order valence-corrected chi connectivity index (χ3v) is 1.38. The van der Waals surface area contributed by atoms with Crippen molar-refractivity contribution in [2.24, 2.45) is 0 Å². The van der Waals surface area contributed by atoms with E-state index < -0.39 is 11.6 Å². The molecule has 0 spiro atoms. The highest BCUT2D eigenvalue weighted by Gasteiger charge is 2.03. The molecule has 0 heterocycles. The molecule has 62 valence electrons. The van der Waals surface area contributed by atoms with Crippen LogP contribution in [0.2, 0.25) is 0 Å². The Morgan fingerprint density at radius 2 is 2.08 bits per heavy atom. The Labute approximate surface area is 74.2 Å². The van der Waals surface area contributed by atoms with Crippen LogP contribution in [0.5, 0.6) is 0 Å². The van der Waals surface area contributed by atoms with Crippen LogP contribution in [0.15, 0.2) is 18.2 Å². The number of hydrogen-bond acceptors (Lipinski definition) is 0. The van der Waals surface area contributed by atoms with Gasteiger partial charge in [-0.15, -0.1) is 11.6 Å². The normalized spacial score (nSPS) is 8.92. The van der Waals surface area contributed by atoms with Crippen LogP contribution >= 0.6 is 11.6 Å². The zero-order chi connectivity index (χ0) is 8.97. The quantitative estimate of drug-likeness (QED) is 0.432. The molecule has 12 heavy (non-hydrogen) atoms. The molecule has 0 aromatic heterocycles. The predicted octanol–water partition coefficient (Wildman–Crippen LogP) is 2.56. The maximum absolute atomic E-state index is 12.8. The SMILES string of the molecule is Fc1cccc(C#CCCl)c1F. The average molecular weight is 187 g/mol. The number of rotatable bonds is 0. The molecule has 0 fully saturated rings. The van der Waals surface area contributed by atoms with Gasteiger partial charge in [-0.3, -0.25) is 0 Å². The van der Waals surface area contributed by atoms with Crippen LogP contribution in [-0.2, 0) is 0 Å². The first kappa shape index (κ1) is 9.02. The Hall–Kier alpha value is -1.07. The highest BCUT2D eigenvalue weighted by molar-refractivity contribution is 6.19. The van der Waals surface area contributed by atoms with Crippen molar-refractivity contribution in [3.05, 3.63) is 35.4 Å². The van der Waals surface area contributed by atoms with Crippen LogP contribution in [-0.4, -0.2) is 5.88 Å². The third-order valence-electron chi connectivity index (χ3n) is 1.24. The fourth-order valence-electron chi connectivity index (χ4n) is 0.729. The summed E-state index contributed by atoms with van der Waals surface area (Å²) in [6.45, 7) is 0. The van der Waals surface area contributed by atoms with Crippen LogP contribution in [0.1, 0.15) is 5.56 Å². The van der Waals surface area contributed by atoms with Crippen LogP contribution in [0, 0.1) is 23.5 Å². The molecule has 0 saturated heterocycles. The molecule has 0 radical (unpaired) electrons. The second-order valence-electron chi connectivity index (χ2n) is 2.04. The highest BCUT2D eigenvalue weighted by atomic mass is 35.5. The number of halogens is 3. The van der Waals surface area contributed by atoms with Gasteiger partial charge in [-0.05, 0) is 12.1 Å². The lowest BCUT2D eigenvalue weighted by molar-refractivity contribution is 0.506. The lowest BCUT2D eigenvalue weighted by Crippen LogP contribution is -1.88. The Morgan fingerprint density at radius 3 is 2.75 bits per heavy atom. The molecule has 0 bridgehead atoms. The minimum absolute atomic E-state index is 0.0376. The van der Waals surface area contributed by atoms with E-state index in [0.717, 1.165) is 6.07 Å². The molecule has 0 N–H and O–H groups in total. The zero-order valence-corrected chi connectivity index (χ0v) is 6.83. The van der Waals surface area contributed by atoms with Gasteiger partial charge < -0.3 is 0 Å². The maximum atomic E-state index is 12.8. The zero-order valence-electron chi connectivity index (χ0n) is 6.07. The molecule has 1 aromatic carbocycles. The molecule has 3 heteroatoms. The van der Waals surface area contributed by atoms with E-state index in [2.05, 4.69) is 11.8 Å². The van der Waals surface area contributed by atoms with Crippen molar-refractivity contribution < 1.29 is 8.78 Å². The van der Waals surface area contributed by atoms with Crippen molar-refractivity contribution in [2.75, 3.05) is 5.88 Å². The average Bonchev–Trinajstić information content (AvgIpc) is 2.08. The van der Waals surface area contributed by atoms with E-state index in [0.29, 0.717) is 0 Å². The summed E-state index contributed by atoms with van der Waals surface area (Å²) >= 11 is 5.25. The van der Waals surface area contributed by atoms with Crippen molar-refractivity contribution >= 4 is 11.6 Å². The minimum atomic E-state index is -0.921. The van der Waals surface area contributed by atoms with Crippen molar-refractivity contribution in [1.29, 1.82) is 0 Å². The van der Waals surface area contributed by atoms with Crippen molar-refractivity contribution in [3.63, 3.8) is 0 Å². The predicted molar refractivity (Wildman–Crippen MR) is 44.0 cm³/mol. The third kappa shape index (κ3) is 1.96. The fraction of sp³-hybridized carbons (Fsp3) is 0.111. The van der Waals surface area contributed by atoms with Gasteiger partial charge in [0.2, 0.25) is 0 Å². The Balaban J connectivity index is 3.08. The van der Waals surface area contributed by atoms with E-state index in [9.17, 15) is 8.78 Å². The summed E-state index contributed by atoms with van der Waals surface area (Å²) in [4.78, 5) is 0. The summed E-state index contributed by atoms with van der Waals surface area (Å²) in [5, 5.41) is 0. The monoisotopic (exact) mass is 186 g/mol. The second kappa shape index (κ2) is 4.08. The first-order chi connectivity index (χ1) is 5.75. The Kier molecular flexibility index (Phi) is 3.07. The first-order valence-electron chi connectivity index (χ1n) is 3.24. The topological polar surface area (TPSA) is 0 Å². The number of hydrogen-bond donors (Lipinski definition) is 0. The van der Waals surface area contributed by atoms with Gasteiger partial charge in [-0.25, -0.2) is 8.78 Å². The van der Waals surface area contributed by atoms with E-state index >= 15 is 0 Å². The molecule has 0 atom stereocenters. The van der Waals surface area contributed by atoms with Gasteiger partial charge in [0.1, 0.15) is 0 Å². The lowest BCUT2D eigenvalue weighted by atomic mass is 10.2.